The van der Waals surface area contributed by atoms with Crippen molar-refractivity contribution < 1.29 is 14.3 Å². The Hall–Kier alpha value is -2.99. The van der Waals surface area contributed by atoms with Crippen LogP contribution in [-0.4, -0.2) is 42.7 Å². The molecule has 0 aromatic heterocycles. The van der Waals surface area contributed by atoms with Crippen LogP contribution in [0.25, 0.3) is 0 Å². The summed E-state index contributed by atoms with van der Waals surface area (Å²) in [6.45, 7) is 5.16. The summed E-state index contributed by atoms with van der Waals surface area (Å²) in [7, 11) is 1.35. The topological polar surface area (TPSA) is 71.0 Å². The molecule has 2 heterocycles. The van der Waals surface area contributed by atoms with Gasteiger partial charge in [0.05, 0.1) is 18.4 Å². The molecule has 6 heteroatoms. The van der Waals surface area contributed by atoms with Crippen LogP contribution in [0.2, 0.25) is 0 Å². The predicted molar refractivity (Wildman–Crippen MR) is 117 cm³/mol. The maximum atomic E-state index is 12.6. The number of aliphatic imine (C=N–C) groups is 1. The van der Waals surface area contributed by atoms with Crippen LogP contribution < -0.4 is 5.32 Å². The number of carbonyl (C=O) groups is 2. The SMILES string of the molecule is COC(=O)c1ccc2c(c1)C(C(C)=Nc1ccc(CN3CCCCC3)cc1)C(=O)N2. The van der Waals surface area contributed by atoms with Gasteiger partial charge in [0.25, 0.3) is 0 Å². The van der Waals surface area contributed by atoms with Crippen molar-refractivity contribution in [3.8, 4) is 0 Å². The molecule has 2 aromatic carbocycles. The number of benzene rings is 2. The van der Waals surface area contributed by atoms with Crippen molar-refractivity contribution in [3.05, 3.63) is 59.2 Å². The second-order valence-corrected chi connectivity index (χ2v) is 7.97. The smallest absolute Gasteiger partial charge is 0.337 e. The molecule has 0 aliphatic carbocycles. The fourth-order valence-electron chi connectivity index (χ4n) is 4.24. The van der Waals surface area contributed by atoms with Crippen LogP contribution in [0.4, 0.5) is 11.4 Å². The van der Waals surface area contributed by atoms with Gasteiger partial charge in [-0.2, -0.15) is 0 Å². The molecule has 0 bridgehead atoms. The molecule has 6 nitrogen and oxygen atoms in total. The highest BCUT2D eigenvalue weighted by atomic mass is 16.5. The quantitative estimate of drug-likeness (QED) is 0.595. The monoisotopic (exact) mass is 405 g/mol. The molecular formula is C24H27N3O3. The number of nitrogens with one attached hydrogen (secondary N) is 1. The van der Waals surface area contributed by atoms with Crippen molar-refractivity contribution in [3.63, 3.8) is 0 Å². The summed E-state index contributed by atoms with van der Waals surface area (Å²) in [6.07, 6.45) is 3.90. The van der Waals surface area contributed by atoms with Gasteiger partial charge < -0.3 is 10.1 Å². The Morgan fingerprint density at radius 2 is 1.87 bits per heavy atom. The minimum absolute atomic E-state index is 0.130. The highest BCUT2D eigenvalue weighted by molar-refractivity contribution is 6.18. The van der Waals surface area contributed by atoms with E-state index in [1.165, 1.54) is 45.0 Å². The molecule has 156 valence electrons. The maximum absolute atomic E-state index is 12.6. The molecule has 1 unspecified atom stereocenters. The standard InChI is InChI=1S/C24H27N3O3/c1-16(22-20-14-18(24(29)30-2)8-11-21(20)26-23(22)28)25-19-9-6-17(7-10-19)15-27-12-4-3-5-13-27/h6-11,14,22H,3-5,12-13,15H2,1-2H3,(H,26,28). The average molecular weight is 405 g/mol. The Morgan fingerprint density at radius 1 is 1.13 bits per heavy atom. The molecule has 2 aliphatic heterocycles. The summed E-state index contributed by atoms with van der Waals surface area (Å²) < 4.78 is 4.80. The van der Waals surface area contributed by atoms with E-state index >= 15 is 0 Å². The van der Waals surface area contributed by atoms with Gasteiger partial charge in [-0.3, -0.25) is 14.7 Å². The lowest BCUT2D eigenvalue weighted by Crippen LogP contribution is -2.28. The largest absolute Gasteiger partial charge is 0.465 e. The first kappa shape index (κ1) is 20.3. The number of esters is 1. The molecule has 4 rings (SSSR count). The van der Waals surface area contributed by atoms with Crippen molar-refractivity contribution in [1.82, 2.24) is 4.90 Å². The highest BCUT2D eigenvalue weighted by Gasteiger charge is 2.33. The van der Waals surface area contributed by atoms with Crippen LogP contribution in [0.5, 0.6) is 0 Å². The summed E-state index contributed by atoms with van der Waals surface area (Å²) in [5, 5.41) is 2.88. The molecule has 2 aliphatic rings. The lowest BCUT2D eigenvalue weighted by Gasteiger charge is -2.26. The van der Waals surface area contributed by atoms with Crippen LogP contribution in [0.15, 0.2) is 47.5 Å². The zero-order valence-corrected chi connectivity index (χ0v) is 17.5. The third-order valence-electron chi connectivity index (χ3n) is 5.82. The minimum Gasteiger partial charge on any atom is -0.465 e. The van der Waals surface area contributed by atoms with Gasteiger partial charge in [-0.25, -0.2) is 4.79 Å². The summed E-state index contributed by atoms with van der Waals surface area (Å²) in [5.74, 6) is -1.07. The third kappa shape index (κ3) is 4.28. The molecule has 1 fully saturated rings. The lowest BCUT2D eigenvalue weighted by molar-refractivity contribution is -0.115. The summed E-state index contributed by atoms with van der Waals surface area (Å²) >= 11 is 0. The normalized spacial score (nSPS) is 19.3. The van der Waals surface area contributed by atoms with E-state index in [2.05, 4.69) is 22.3 Å². The van der Waals surface area contributed by atoms with Gasteiger partial charge in [-0.05, 0) is 74.3 Å². The molecular weight excluding hydrogens is 378 g/mol. The van der Waals surface area contributed by atoms with Crippen molar-refractivity contribution in [2.45, 2.75) is 38.6 Å². The number of methoxy groups -OCH3 is 1. The molecule has 0 saturated carbocycles. The third-order valence-corrected chi connectivity index (χ3v) is 5.82. The second kappa shape index (κ2) is 8.79. The van der Waals surface area contributed by atoms with Crippen LogP contribution in [0.1, 0.15) is 53.6 Å². The van der Waals surface area contributed by atoms with Crippen LogP contribution in [-0.2, 0) is 16.1 Å². The lowest BCUT2D eigenvalue weighted by atomic mass is 9.94. The van der Waals surface area contributed by atoms with Gasteiger partial charge in [0.2, 0.25) is 5.91 Å². The Labute approximate surface area is 176 Å². The fourth-order valence-corrected chi connectivity index (χ4v) is 4.24. The minimum atomic E-state index is -0.516. The van der Waals surface area contributed by atoms with E-state index in [0.717, 1.165) is 17.8 Å². The van der Waals surface area contributed by atoms with E-state index < -0.39 is 11.9 Å². The zero-order valence-electron chi connectivity index (χ0n) is 17.5. The van der Waals surface area contributed by atoms with Gasteiger partial charge in [-0.15, -0.1) is 0 Å². The first-order valence-electron chi connectivity index (χ1n) is 10.4. The van der Waals surface area contributed by atoms with Gasteiger partial charge in [0.15, 0.2) is 0 Å². The number of carbonyl (C=O) groups excluding carboxylic acids is 2. The number of likely N-dealkylation sites (tertiary alicyclic amines) is 1. The zero-order chi connectivity index (χ0) is 21.1. The van der Waals surface area contributed by atoms with E-state index in [-0.39, 0.29) is 5.91 Å². The molecule has 1 atom stereocenters. The van der Waals surface area contributed by atoms with Gasteiger partial charge in [-0.1, -0.05) is 18.6 Å². The number of hydrogen-bond acceptors (Lipinski definition) is 5. The van der Waals surface area contributed by atoms with E-state index in [1.807, 2.05) is 19.1 Å². The van der Waals surface area contributed by atoms with Crippen LogP contribution in [0.3, 0.4) is 0 Å². The van der Waals surface area contributed by atoms with Gasteiger partial charge in [0, 0.05) is 17.9 Å². The maximum Gasteiger partial charge on any atom is 0.337 e. The van der Waals surface area contributed by atoms with Crippen molar-refractivity contribution in [2.24, 2.45) is 4.99 Å². The Morgan fingerprint density at radius 3 is 2.57 bits per heavy atom. The van der Waals surface area contributed by atoms with Crippen LogP contribution >= 0.6 is 0 Å². The number of anilines is 1. The predicted octanol–water partition coefficient (Wildman–Crippen LogP) is 4.29. The molecule has 1 N–H and O–H groups in total. The number of nitrogens with zero attached hydrogens (tertiary/aromatic N) is 2. The van der Waals surface area contributed by atoms with Crippen LogP contribution in [0, 0.1) is 0 Å². The first-order valence-corrected chi connectivity index (χ1v) is 10.4. The molecule has 30 heavy (non-hydrogen) atoms. The van der Waals surface area contributed by atoms with Gasteiger partial charge in [0.1, 0.15) is 5.92 Å². The molecule has 1 amide bonds. The summed E-state index contributed by atoms with van der Waals surface area (Å²) in [4.78, 5) is 31.6. The Balaban J connectivity index is 1.52. The number of fused-ring (bicyclic) bond motifs is 1. The number of rotatable bonds is 5. The Kier molecular flexibility index (Phi) is 5.95. The molecule has 2 aromatic rings. The van der Waals surface area contributed by atoms with Crippen molar-refractivity contribution in [1.29, 1.82) is 0 Å². The van der Waals surface area contributed by atoms with E-state index in [1.54, 1.807) is 18.2 Å². The number of hydrogen-bond donors (Lipinski definition) is 1. The molecule has 0 radical (unpaired) electrons. The molecule has 1 saturated heterocycles. The van der Waals surface area contributed by atoms with E-state index in [0.29, 0.717) is 17.0 Å². The summed E-state index contributed by atoms with van der Waals surface area (Å²) in [5.41, 5.74) is 4.68. The number of piperidine rings is 1. The highest BCUT2D eigenvalue weighted by Crippen LogP contribution is 2.35. The molecule has 0 spiro atoms. The fraction of sp³-hybridized carbons (Fsp3) is 0.375. The number of amides is 1. The second-order valence-electron chi connectivity index (χ2n) is 7.97. The van der Waals surface area contributed by atoms with Crippen molar-refractivity contribution in [2.75, 3.05) is 25.5 Å². The van der Waals surface area contributed by atoms with Gasteiger partial charge >= 0.3 is 5.97 Å². The number of ether oxygens (including phenoxy) is 1. The van der Waals surface area contributed by atoms with E-state index in [4.69, 9.17) is 9.73 Å². The Bertz CT molecular complexity index is 976. The first-order chi connectivity index (χ1) is 14.5. The summed E-state index contributed by atoms with van der Waals surface area (Å²) in [6, 6.07) is 13.3. The van der Waals surface area contributed by atoms with E-state index in [9.17, 15) is 9.59 Å². The average Bonchev–Trinajstić information content (AvgIpc) is 3.10. The van der Waals surface area contributed by atoms with Crippen molar-refractivity contribution >= 4 is 29.0 Å².